The van der Waals surface area contributed by atoms with E-state index in [1.165, 1.54) is 23.1 Å². The van der Waals surface area contributed by atoms with Crippen LogP contribution in [0.15, 0.2) is 106 Å². The fourth-order valence-electron chi connectivity index (χ4n) is 3.09. The number of carbonyl (C=O) groups excluding carboxylic acids is 3. The molecule has 0 saturated heterocycles. The number of aromatic nitrogens is 1. The topological polar surface area (TPSA) is 100 Å². The van der Waals surface area contributed by atoms with E-state index in [-0.39, 0.29) is 23.3 Å². The Kier molecular flexibility index (Phi) is 8.63. The number of rotatable bonds is 9. The van der Waals surface area contributed by atoms with Gasteiger partial charge in [0.15, 0.2) is 0 Å². The van der Waals surface area contributed by atoms with Gasteiger partial charge >= 0.3 is 0 Å². The maximum absolute atomic E-state index is 13.1. The molecule has 4 aromatic rings. The molecule has 0 bridgehead atoms. The van der Waals surface area contributed by atoms with Crippen LogP contribution in [0.4, 0.5) is 11.5 Å². The second-order valence-corrected chi connectivity index (χ2v) is 9.30. The molecule has 0 fully saturated rings. The van der Waals surface area contributed by atoms with Gasteiger partial charge in [0.05, 0.1) is 5.75 Å². The molecule has 2 aromatic carbocycles. The van der Waals surface area contributed by atoms with Gasteiger partial charge in [0.25, 0.3) is 11.8 Å². The van der Waals surface area contributed by atoms with Crippen LogP contribution in [0.5, 0.6) is 0 Å². The van der Waals surface area contributed by atoms with Crippen LogP contribution in [0.2, 0.25) is 0 Å². The molecular formula is C27H22N4O3S2. The monoisotopic (exact) mass is 514 g/mol. The molecule has 0 saturated carbocycles. The van der Waals surface area contributed by atoms with E-state index in [4.69, 9.17) is 0 Å². The third-order valence-electron chi connectivity index (χ3n) is 4.78. The summed E-state index contributed by atoms with van der Waals surface area (Å²) in [6.07, 6.45) is 3.24. The van der Waals surface area contributed by atoms with Crippen LogP contribution in [0, 0.1) is 0 Å². The number of pyridine rings is 1. The fraction of sp³-hybridized carbons (Fsp3) is 0.0370. The minimum Gasteiger partial charge on any atom is -0.321 e. The van der Waals surface area contributed by atoms with Crippen molar-refractivity contribution in [2.24, 2.45) is 0 Å². The molecule has 4 rings (SSSR count). The number of thiophene rings is 1. The van der Waals surface area contributed by atoms with Crippen molar-refractivity contribution in [1.82, 2.24) is 10.3 Å². The number of carbonyl (C=O) groups is 3. The maximum atomic E-state index is 13.1. The van der Waals surface area contributed by atoms with Crippen molar-refractivity contribution in [2.75, 3.05) is 16.4 Å². The molecule has 0 unspecified atom stereocenters. The predicted octanol–water partition coefficient (Wildman–Crippen LogP) is 5.28. The Bertz CT molecular complexity index is 1360. The van der Waals surface area contributed by atoms with Gasteiger partial charge in [-0.25, -0.2) is 4.98 Å². The average Bonchev–Trinajstić information content (AvgIpc) is 3.42. The summed E-state index contributed by atoms with van der Waals surface area (Å²) >= 11 is 2.83. The third kappa shape index (κ3) is 7.39. The van der Waals surface area contributed by atoms with Crippen LogP contribution in [-0.4, -0.2) is 28.5 Å². The number of thioether (sulfide) groups is 1. The maximum Gasteiger partial charge on any atom is 0.272 e. The Morgan fingerprint density at radius 1 is 0.917 bits per heavy atom. The van der Waals surface area contributed by atoms with Crippen molar-refractivity contribution < 1.29 is 14.4 Å². The van der Waals surface area contributed by atoms with Gasteiger partial charge in [-0.1, -0.05) is 30.3 Å². The minimum atomic E-state index is -0.458. The van der Waals surface area contributed by atoms with Crippen LogP contribution in [-0.2, 0) is 9.59 Å². The normalized spacial score (nSPS) is 10.9. The van der Waals surface area contributed by atoms with E-state index in [1.54, 1.807) is 72.9 Å². The highest BCUT2D eigenvalue weighted by Crippen LogP contribution is 2.22. The van der Waals surface area contributed by atoms with E-state index in [0.29, 0.717) is 17.1 Å². The van der Waals surface area contributed by atoms with Crippen molar-refractivity contribution in [3.8, 4) is 0 Å². The molecule has 0 atom stereocenters. The van der Waals surface area contributed by atoms with Gasteiger partial charge in [-0.3, -0.25) is 14.4 Å². The highest BCUT2D eigenvalue weighted by molar-refractivity contribution is 8.00. The van der Waals surface area contributed by atoms with Crippen LogP contribution in [0.3, 0.4) is 0 Å². The second kappa shape index (κ2) is 12.5. The van der Waals surface area contributed by atoms with Crippen molar-refractivity contribution in [2.45, 2.75) is 4.90 Å². The van der Waals surface area contributed by atoms with Crippen molar-refractivity contribution in [3.05, 3.63) is 113 Å². The number of hydrogen-bond acceptors (Lipinski definition) is 6. The zero-order chi connectivity index (χ0) is 25.2. The molecule has 9 heteroatoms. The first-order chi connectivity index (χ1) is 17.6. The van der Waals surface area contributed by atoms with Gasteiger partial charge in [0, 0.05) is 22.3 Å². The summed E-state index contributed by atoms with van der Waals surface area (Å²) in [6, 6.07) is 23.0. The third-order valence-corrected chi connectivity index (χ3v) is 6.47. The molecule has 0 aliphatic heterocycles. The van der Waals surface area contributed by atoms with Crippen molar-refractivity contribution >= 4 is 58.4 Å². The molecule has 180 valence electrons. The number of anilines is 2. The van der Waals surface area contributed by atoms with Crippen LogP contribution in [0.25, 0.3) is 6.08 Å². The lowest BCUT2D eigenvalue weighted by atomic mass is 10.2. The fourth-order valence-corrected chi connectivity index (χ4v) is 4.47. The largest absolute Gasteiger partial charge is 0.321 e. The first-order valence-corrected chi connectivity index (χ1v) is 12.8. The van der Waals surface area contributed by atoms with E-state index in [1.807, 2.05) is 29.0 Å². The Morgan fingerprint density at radius 3 is 2.50 bits per heavy atom. The second-order valence-electron chi connectivity index (χ2n) is 7.47. The lowest BCUT2D eigenvalue weighted by molar-refractivity contribution is -0.114. The quantitative estimate of drug-likeness (QED) is 0.208. The predicted molar refractivity (Wildman–Crippen MR) is 145 cm³/mol. The van der Waals surface area contributed by atoms with Crippen LogP contribution >= 0.6 is 23.1 Å². The van der Waals surface area contributed by atoms with Gasteiger partial charge in [0.1, 0.15) is 11.5 Å². The van der Waals surface area contributed by atoms with Crippen molar-refractivity contribution in [1.29, 1.82) is 0 Å². The number of nitrogens with zero attached hydrogens (tertiary/aromatic N) is 1. The first-order valence-electron chi connectivity index (χ1n) is 10.9. The number of nitrogens with one attached hydrogen (secondary N) is 3. The summed E-state index contributed by atoms with van der Waals surface area (Å²) in [5.41, 5.74) is 1.92. The molecule has 0 radical (unpaired) electrons. The molecule has 36 heavy (non-hydrogen) atoms. The summed E-state index contributed by atoms with van der Waals surface area (Å²) in [6.45, 7) is 0. The zero-order valence-electron chi connectivity index (χ0n) is 19.0. The van der Waals surface area contributed by atoms with Gasteiger partial charge in [-0.2, -0.15) is 11.3 Å². The Hall–Kier alpha value is -4.21. The first kappa shape index (κ1) is 24.9. The Morgan fingerprint density at radius 2 is 1.75 bits per heavy atom. The zero-order valence-corrected chi connectivity index (χ0v) is 20.6. The molecule has 7 nitrogen and oxygen atoms in total. The lowest BCUT2D eigenvalue weighted by Crippen LogP contribution is -2.30. The molecule has 0 aliphatic rings. The minimum absolute atomic E-state index is 0.120. The van der Waals surface area contributed by atoms with E-state index < -0.39 is 5.91 Å². The van der Waals surface area contributed by atoms with E-state index in [2.05, 4.69) is 20.9 Å². The van der Waals surface area contributed by atoms with Gasteiger partial charge in [-0.05, 0) is 70.9 Å². The molecule has 3 N–H and O–H groups in total. The summed E-state index contributed by atoms with van der Waals surface area (Å²) < 4.78 is 0. The summed E-state index contributed by atoms with van der Waals surface area (Å²) in [5, 5.41) is 12.1. The summed E-state index contributed by atoms with van der Waals surface area (Å²) in [5.74, 6) is -0.343. The smallest absolute Gasteiger partial charge is 0.272 e. The molecule has 0 aliphatic carbocycles. The molecule has 2 heterocycles. The lowest BCUT2D eigenvalue weighted by Gasteiger charge is -2.12. The van der Waals surface area contributed by atoms with Gasteiger partial charge in [0.2, 0.25) is 5.91 Å². The summed E-state index contributed by atoms with van der Waals surface area (Å²) in [4.78, 5) is 42.9. The van der Waals surface area contributed by atoms with Gasteiger partial charge in [-0.15, -0.1) is 11.8 Å². The standard InChI is InChI=1S/C27H22N4O3S2/c32-25(31-24-11-4-5-13-28-24)18-36-22-10-6-9-21(16-22)29-27(34)23(15-19-12-14-35-17-19)30-26(33)20-7-2-1-3-8-20/h1-17H,18H2,(H,29,34)(H,30,33)(H,28,31,32)/b23-15-. The highest BCUT2D eigenvalue weighted by atomic mass is 32.2. The van der Waals surface area contributed by atoms with E-state index in [0.717, 1.165) is 10.5 Å². The molecule has 2 aromatic heterocycles. The van der Waals surface area contributed by atoms with Crippen molar-refractivity contribution in [3.63, 3.8) is 0 Å². The Balaban J connectivity index is 1.41. The van der Waals surface area contributed by atoms with Crippen LogP contribution in [0.1, 0.15) is 15.9 Å². The van der Waals surface area contributed by atoms with Crippen LogP contribution < -0.4 is 16.0 Å². The molecular weight excluding hydrogens is 492 g/mol. The van der Waals surface area contributed by atoms with E-state index in [9.17, 15) is 14.4 Å². The number of benzene rings is 2. The summed E-state index contributed by atoms with van der Waals surface area (Å²) in [7, 11) is 0. The Labute approximate surface area is 216 Å². The SMILES string of the molecule is O=C(CSc1cccc(NC(=O)/C(=C/c2ccsc2)NC(=O)c2ccccc2)c1)Nc1ccccn1. The molecule has 0 spiro atoms. The highest BCUT2D eigenvalue weighted by Gasteiger charge is 2.15. The number of amides is 3. The average molecular weight is 515 g/mol. The molecule has 3 amide bonds. The van der Waals surface area contributed by atoms with Gasteiger partial charge < -0.3 is 16.0 Å². The van der Waals surface area contributed by atoms with E-state index >= 15 is 0 Å². The number of hydrogen-bond donors (Lipinski definition) is 3.